The number of ether oxygens (including phenoxy) is 5. The molecule has 18 heteroatoms. The first-order valence-electron chi connectivity index (χ1n) is 21.7. The lowest BCUT2D eigenvalue weighted by atomic mass is 9.78. The summed E-state index contributed by atoms with van der Waals surface area (Å²) in [4.78, 5) is 61.6. The fourth-order valence-electron chi connectivity index (χ4n) is 9.73. The molecule has 2 aromatic rings. The quantitative estimate of drug-likeness (QED) is 0.195. The molecule has 0 saturated carbocycles. The second-order valence-corrected chi connectivity index (χ2v) is 18.0. The van der Waals surface area contributed by atoms with Crippen molar-refractivity contribution in [1.82, 2.24) is 39.9 Å². The molecule has 0 spiro atoms. The van der Waals surface area contributed by atoms with Crippen molar-refractivity contribution in [2.75, 3.05) is 34.3 Å². The summed E-state index contributed by atoms with van der Waals surface area (Å²) in [7, 11) is 5.30. The SMILES string of the molecule is CC[C@H]1OC(=O)[C@H](C)C(=O)[C@H](C)[C@@H](O[C@@H]2O[C@H](C)CC(N(C)C)C2O)[C@](C)(OC)C[C@@H](C)CN(C(C)=O)[C@H](C)[C@H]2N(CCCCn3cc(-c4cccnn4)nn3)C(=O)O[C@]12C. The number of aliphatic hydroxyl groups is 1. The Labute approximate surface area is 359 Å². The second-order valence-electron chi connectivity index (χ2n) is 18.0. The van der Waals surface area contributed by atoms with Crippen molar-refractivity contribution in [3.05, 3.63) is 24.5 Å². The van der Waals surface area contributed by atoms with Crippen LogP contribution in [0.5, 0.6) is 0 Å². The molecule has 3 saturated heterocycles. The molecule has 18 nitrogen and oxygen atoms in total. The lowest BCUT2D eigenvalue weighted by molar-refractivity contribution is -0.295. The topological polar surface area (TPSA) is 201 Å². The fourth-order valence-corrected chi connectivity index (χ4v) is 9.73. The van der Waals surface area contributed by atoms with Crippen molar-refractivity contribution in [2.45, 2.75) is 161 Å². The average molecular weight is 857 g/mol. The third-order valence-electron chi connectivity index (χ3n) is 13.1. The van der Waals surface area contributed by atoms with Crippen LogP contribution in [-0.4, -0.2) is 163 Å². The predicted octanol–water partition coefficient (Wildman–Crippen LogP) is 3.75. The van der Waals surface area contributed by atoms with Crippen molar-refractivity contribution in [1.29, 1.82) is 0 Å². The number of cyclic esters (lactones) is 1. The number of esters is 1. The number of aliphatic hydroxyl groups excluding tert-OH is 1. The highest BCUT2D eigenvalue weighted by atomic mass is 16.7. The van der Waals surface area contributed by atoms with Gasteiger partial charge in [-0.15, -0.1) is 10.2 Å². The van der Waals surface area contributed by atoms with Crippen molar-refractivity contribution in [3.8, 4) is 11.4 Å². The van der Waals surface area contributed by atoms with E-state index in [1.165, 1.54) is 21.0 Å². The average Bonchev–Trinajstić information content (AvgIpc) is 3.80. The highest BCUT2D eigenvalue weighted by molar-refractivity contribution is 6.00. The molecule has 3 aliphatic heterocycles. The summed E-state index contributed by atoms with van der Waals surface area (Å²) in [6, 6.07) is 1.97. The monoisotopic (exact) mass is 857 g/mol. The molecule has 1 N–H and O–H groups in total. The van der Waals surface area contributed by atoms with Gasteiger partial charge in [0, 0.05) is 51.8 Å². The van der Waals surface area contributed by atoms with E-state index in [1.54, 1.807) is 52.9 Å². The lowest BCUT2D eigenvalue weighted by Crippen LogP contribution is -2.62. The number of hydrogen-bond donors (Lipinski definition) is 1. The number of hydrogen-bond acceptors (Lipinski definition) is 15. The van der Waals surface area contributed by atoms with Crippen LogP contribution in [0.1, 0.15) is 94.4 Å². The number of carbonyl (C=O) groups excluding carboxylic acids is 4. The standard InChI is InChI=1S/C43H68N8O10/c1-13-34-43(9)37(50(41(56)61-43)20-15-14-19-49-24-32(46-47-49)31-17-16-18-44-45-31)29(6)51(30(7)52)23-25(2)22-42(8,57-12)38(27(4)35(53)28(5)39(55)59-34)60-40-36(54)33(48(10)11)21-26(3)58-40/h16-18,24-29,33-34,36-38,40,54H,13-15,19-23H2,1-12H3/t25-,26-,27+,28-,29-,33?,34-,36?,37-,38-,40+,42-,43-/m1/s1. The maximum Gasteiger partial charge on any atom is 0.410 e. The van der Waals surface area contributed by atoms with Crippen LogP contribution in [0, 0.1) is 17.8 Å². The van der Waals surface area contributed by atoms with Gasteiger partial charge >= 0.3 is 12.1 Å². The van der Waals surface area contributed by atoms with Gasteiger partial charge in [-0.25, -0.2) is 4.79 Å². The van der Waals surface area contributed by atoms with Crippen molar-refractivity contribution in [3.63, 3.8) is 0 Å². The summed E-state index contributed by atoms with van der Waals surface area (Å²) < 4.78 is 33.3. The Morgan fingerprint density at radius 2 is 1.75 bits per heavy atom. The van der Waals surface area contributed by atoms with E-state index < -0.39 is 77.6 Å². The Hall–Kier alpha value is -4.10. The molecule has 0 radical (unpaired) electrons. The van der Waals surface area contributed by atoms with E-state index in [0.29, 0.717) is 43.6 Å². The Morgan fingerprint density at radius 3 is 2.38 bits per heavy atom. The number of aryl methyl sites for hydroxylation is 1. The molecular formula is C43H68N8O10. The van der Waals surface area contributed by atoms with Gasteiger partial charge in [0.2, 0.25) is 5.91 Å². The molecular weight excluding hydrogens is 789 g/mol. The molecule has 13 atom stereocenters. The fraction of sp³-hybridized carbons (Fsp3) is 0.767. The predicted molar refractivity (Wildman–Crippen MR) is 223 cm³/mol. The molecule has 2 aromatic heterocycles. The van der Waals surface area contributed by atoms with Crippen molar-refractivity contribution >= 4 is 23.8 Å². The minimum atomic E-state index is -1.40. The third kappa shape index (κ3) is 10.4. The van der Waals surface area contributed by atoms with E-state index >= 15 is 0 Å². The largest absolute Gasteiger partial charge is 0.458 e. The van der Waals surface area contributed by atoms with E-state index in [9.17, 15) is 24.3 Å². The molecule has 3 aliphatic rings. The van der Waals surface area contributed by atoms with Gasteiger partial charge in [0.05, 0.1) is 36.1 Å². The Morgan fingerprint density at radius 1 is 1.05 bits per heavy atom. The first-order valence-corrected chi connectivity index (χ1v) is 21.7. The normalized spacial score (nSPS) is 35.6. The van der Waals surface area contributed by atoms with Crippen molar-refractivity contribution in [2.24, 2.45) is 17.8 Å². The minimum Gasteiger partial charge on any atom is -0.458 e. The van der Waals surface area contributed by atoms with Crippen LogP contribution in [0.4, 0.5) is 4.79 Å². The number of methoxy groups -OCH3 is 1. The number of fused-ring (bicyclic) bond motifs is 1. The molecule has 0 aromatic carbocycles. The van der Waals surface area contributed by atoms with Crippen LogP contribution in [0.2, 0.25) is 0 Å². The molecule has 340 valence electrons. The molecule has 2 amide bonds. The minimum absolute atomic E-state index is 0.216. The number of unbranched alkanes of at least 4 members (excludes halogenated alkanes) is 1. The van der Waals surface area contributed by atoms with Gasteiger partial charge < -0.3 is 38.6 Å². The molecule has 3 fully saturated rings. The second kappa shape index (κ2) is 19.9. The van der Waals surface area contributed by atoms with Gasteiger partial charge in [-0.2, -0.15) is 5.10 Å². The Kier molecular flexibility index (Phi) is 15.7. The van der Waals surface area contributed by atoms with Gasteiger partial charge in [0.25, 0.3) is 0 Å². The zero-order valence-corrected chi connectivity index (χ0v) is 38.0. The summed E-state index contributed by atoms with van der Waals surface area (Å²) in [6.45, 7) is 17.0. The van der Waals surface area contributed by atoms with E-state index in [-0.39, 0.29) is 43.5 Å². The number of carbonyl (C=O) groups is 4. The first kappa shape index (κ1) is 47.9. The summed E-state index contributed by atoms with van der Waals surface area (Å²) in [5, 5.41) is 28.0. The summed E-state index contributed by atoms with van der Waals surface area (Å²) >= 11 is 0. The van der Waals surface area contributed by atoms with E-state index in [1.807, 2.05) is 53.6 Å². The lowest BCUT2D eigenvalue weighted by Gasteiger charge is -2.47. The molecule has 0 bridgehead atoms. The Balaban J connectivity index is 1.46. The molecule has 5 rings (SSSR count). The molecule has 61 heavy (non-hydrogen) atoms. The smallest absolute Gasteiger partial charge is 0.410 e. The van der Waals surface area contributed by atoms with E-state index in [0.717, 1.165) is 0 Å². The van der Waals surface area contributed by atoms with Crippen LogP contribution in [-0.2, 0) is 44.6 Å². The summed E-state index contributed by atoms with van der Waals surface area (Å²) in [5.41, 5.74) is -1.36. The van der Waals surface area contributed by atoms with Crippen LogP contribution in [0.25, 0.3) is 11.4 Å². The van der Waals surface area contributed by atoms with Crippen LogP contribution < -0.4 is 0 Å². The molecule has 5 heterocycles. The zero-order chi connectivity index (χ0) is 45.0. The zero-order valence-electron chi connectivity index (χ0n) is 38.0. The van der Waals surface area contributed by atoms with Crippen molar-refractivity contribution < 1.29 is 48.0 Å². The number of ketones is 1. The number of rotatable bonds is 11. The molecule has 0 aliphatic carbocycles. The van der Waals surface area contributed by atoms with E-state index in [2.05, 4.69) is 20.5 Å². The number of aromatic nitrogens is 5. The molecule has 2 unspecified atom stereocenters. The van der Waals surface area contributed by atoms with Gasteiger partial charge in [0.15, 0.2) is 17.7 Å². The maximum absolute atomic E-state index is 14.5. The van der Waals surface area contributed by atoms with Gasteiger partial charge in [-0.3, -0.25) is 24.0 Å². The highest BCUT2D eigenvalue weighted by Crippen LogP contribution is 2.41. The maximum atomic E-state index is 14.5. The Bertz CT molecular complexity index is 1820. The first-order chi connectivity index (χ1) is 28.8. The number of nitrogens with zero attached hydrogens (tertiary/aromatic N) is 8. The van der Waals surface area contributed by atoms with Gasteiger partial charge in [-0.05, 0) is 98.9 Å². The third-order valence-corrected chi connectivity index (χ3v) is 13.1. The number of amides is 2. The van der Waals surface area contributed by atoms with Crippen LogP contribution >= 0.6 is 0 Å². The van der Waals surface area contributed by atoms with Gasteiger partial charge in [-0.1, -0.05) is 26.0 Å². The summed E-state index contributed by atoms with van der Waals surface area (Å²) in [6.07, 6.45) is 0.805. The number of likely N-dealkylation sites (N-methyl/N-ethyl adjacent to an activating group) is 1. The summed E-state index contributed by atoms with van der Waals surface area (Å²) in [5.74, 6) is -3.84. The van der Waals surface area contributed by atoms with Crippen LogP contribution in [0.15, 0.2) is 24.5 Å². The van der Waals surface area contributed by atoms with Gasteiger partial charge in [0.1, 0.15) is 29.5 Å². The highest BCUT2D eigenvalue weighted by Gasteiger charge is 2.60. The van der Waals surface area contributed by atoms with Crippen LogP contribution in [0.3, 0.4) is 0 Å². The van der Waals surface area contributed by atoms with E-state index in [4.69, 9.17) is 23.7 Å². The number of Topliss-reactive ketones (excluding diaryl/α,β-unsaturated/α-hetero) is 1.